The topological polar surface area (TPSA) is 88.6 Å². The van der Waals surface area contributed by atoms with Crippen LogP contribution in [0.1, 0.15) is 16.8 Å². The summed E-state index contributed by atoms with van der Waals surface area (Å²) in [5.41, 5.74) is 0.523. The van der Waals surface area contributed by atoms with E-state index in [0.29, 0.717) is 50.7 Å². The number of nitrogens with one attached hydrogen (secondary N) is 1. The number of pyridine rings is 1. The lowest BCUT2D eigenvalue weighted by molar-refractivity contribution is 0.0946. The molecule has 0 radical (unpaired) electrons. The maximum atomic E-state index is 12.5. The molecule has 1 N–H and O–H groups in total. The molecule has 0 aromatic carbocycles. The molecule has 1 aromatic heterocycles. The quantitative estimate of drug-likeness (QED) is 0.836. The molecule has 2 aliphatic rings. The van der Waals surface area contributed by atoms with Gasteiger partial charge in [0.25, 0.3) is 5.91 Å². The second kappa shape index (κ2) is 6.84. The van der Waals surface area contributed by atoms with Crippen molar-refractivity contribution in [3.05, 3.63) is 23.9 Å². The normalized spacial score (nSPS) is 23.7. The Balaban J connectivity index is 1.65. The van der Waals surface area contributed by atoms with Crippen LogP contribution < -0.4 is 10.2 Å². The number of hydrogen-bond donors (Lipinski definition) is 1. The first-order valence-corrected chi connectivity index (χ1v) is 9.64. The first-order valence-electron chi connectivity index (χ1n) is 7.81. The lowest BCUT2D eigenvalue weighted by Gasteiger charge is -2.29. The van der Waals surface area contributed by atoms with Gasteiger partial charge in [-0.15, -0.1) is 0 Å². The van der Waals surface area contributed by atoms with E-state index >= 15 is 0 Å². The highest BCUT2D eigenvalue weighted by Gasteiger charge is 2.28. The molecule has 0 saturated carbocycles. The number of aromatic nitrogens is 1. The summed E-state index contributed by atoms with van der Waals surface area (Å²) in [6.07, 6.45) is 2.29. The molecular formula is C15H21N3O4S. The molecule has 8 heteroatoms. The van der Waals surface area contributed by atoms with Crippen molar-refractivity contribution in [2.75, 3.05) is 49.3 Å². The second-order valence-corrected chi connectivity index (χ2v) is 8.18. The fourth-order valence-electron chi connectivity index (χ4n) is 2.97. The van der Waals surface area contributed by atoms with Crippen molar-refractivity contribution in [3.63, 3.8) is 0 Å². The zero-order valence-electron chi connectivity index (χ0n) is 12.9. The zero-order valence-corrected chi connectivity index (χ0v) is 13.7. The van der Waals surface area contributed by atoms with E-state index in [-0.39, 0.29) is 23.3 Å². The molecule has 3 rings (SSSR count). The van der Waals surface area contributed by atoms with Crippen LogP contribution in [0, 0.1) is 5.92 Å². The van der Waals surface area contributed by atoms with Crippen LogP contribution >= 0.6 is 0 Å². The molecule has 1 atom stereocenters. The fourth-order valence-corrected chi connectivity index (χ4v) is 4.83. The van der Waals surface area contributed by atoms with Crippen molar-refractivity contribution in [1.29, 1.82) is 0 Å². The number of hydrogen-bond acceptors (Lipinski definition) is 6. The van der Waals surface area contributed by atoms with E-state index in [1.807, 2.05) is 4.90 Å². The van der Waals surface area contributed by atoms with E-state index in [2.05, 4.69) is 10.3 Å². The SMILES string of the molecule is O=C(NC[C@H]1CCS(=O)(=O)C1)c1cccnc1N1CCOCC1. The fraction of sp³-hybridized carbons (Fsp3) is 0.600. The van der Waals surface area contributed by atoms with Crippen LogP contribution in [0.2, 0.25) is 0 Å². The molecule has 0 spiro atoms. The predicted octanol–water partition coefficient (Wildman–Crippen LogP) is 0.0827. The highest BCUT2D eigenvalue weighted by molar-refractivity contribution is 7.91. The number of carbonyl (C=O) groups is 1. The standard InChI is InChI=1S/C15H21N3O4S/c19-15(17-10-12-3-9-23(20,21)11-12)13-2-1-4-16-14(13)18-5-7-22-8-6-18/h1-2,4,12H,3,5-11H2,(H,17,19)/t12-/m1/s1. The monoisotopic (exact) mass is 339 g/mol. The van der Waals surface area contributed by atoms with E-state index in [4.69, 9.17) is 4.74 Å². The highest BCUT2D eigenvalue weighted by Crippen LogP contribution is 2.20. The third-order valence-corrected chi connectivity index (χ3v) is 6.06. The van der Waals surface area contributed by atoms with Crippen LogP contribution in [0.15, 0.2) is 18.3 Å². The average Bonchev–Trinajstić information content (AvgIpc) is 2.92. The van der Waals surface area contributed by atoms with Gasteiger partial charge in [0, 0.05) is 25.8 Å². The van der Waals surface area contributed by atoms with Crippen molar-refractivity contribution in [3.8, 4) is 0 Å². The van der Waals surface area contributed by atoms with E-state index in [1.165, 1.54) is 0 Å². The number of sulfone groups is 1. The Labute approximate surface area is 135 Å². The van der Waals surface area contributed by atoms with Crippen molar-refractivity contribution in [2.45, 2.75) is 6.42 Å². The summed E-state index contributed by atoms with van der Waals surface area (Å²) < 4.78 is 28.3. The summed E-state index contributed by atoms with van der Waals surface area (Å²) in [6, 6.07) is 3.48. The molecule has 7 nitrogen and oxygen atoms in total. The van der Waals surface area contributed by atoms with Crippen LogP contribution in [-0.2, 0) is 14.6 Å². The van der Waals surface area contributed by atoms with Gasteiger partial charge in [0.1, 0.15) is 5.82 Å². The second-order valence-electron chi connectivity index (χ2n) is 5.95. The smallest absolute Gasteiger partial charge is 0.255 e. The largest absolute Gasteiger partial charge is 0.378 e. The maximum absolute atomic E-state index is 12.5. The summed E-state index contributed by atoms with van der Waals surface area (Å²) in [5.74, 6) is 0.847. The summed E-state index contributed by atoms with van der Waals surface area (Å²) in [4.78, 5) is 18.8. The Kier molecular flexibility index (Phi) is 4.82. The van der Waals surface area contributed by atoms with Crippen LogP contribution in [0.5, 0.6) is 0 Å². The summed E-state index contributed by atoms with van der Waals surface area (Å²) >= 11 is 0. The number of anilines is 1. The number of nitrogens with zero attached hydrogens (tertiary/aromatic N) is 2. The average molecular weight is 339 g/mol. The lowest BCUT2D eigenvalue weighted by atomic mass is 10.1. The molecular weight excluding hydrogens is 318 g/mol. The van der Waals surface area contributed by atoms with Gasteiger partial charge in [-0.25, -0.2) is 13.4 Å². The van der Waals surface area contributed by atoms with Gasteiger partial charge >= 0.3 is 0 Å². The molecule has 2 aliphatic heterocycles. The van der Waals surface area contributed by atoms with Crippen molar-refractivity contribution >= 4 is 21.6 Å². The molecule has 1 amide bonds. The molecule has 23 heavy (non-hydrogen) atoms. The van der Waals surface area contributed by atoms with Crippen molar-refractivity contribution < 1.29 is 17.9 Å². The third kappa shape index (κ3) is 4.00. The molecule has 2 fully saturated rings. The van der Waals surface area contributed by atoms with Gasteiger partial charge in [0.2, 0.25) is 0 Å². The number of carbonyl (C=O) groups excluding carboxylic acids is 1. The molecule has 1 aromatic rings. The maximum Gasteiger partial charge on any atom is 0.255 e. The highest BCUT2D eigenvalue weighted by atomic mass is 32.2. The van der Waals surface area contributed by atoms with Gasteiger partial charge in [0.15, 0.2) is 9.84 Å². The number of morpholine rings is 1. The van der Waals surface area contributed by atoms with E-state index in [9.17, 15) is 13.2 Å². The Morgan fingerprint density at radius 2 is 2.17 bits per heavy atom. The van der Waals surface area contributed by atoms with Crippen LogP contribution in [0.4, 0.5) is 5.82 Å². The Morgan fingerprint density at radius 1 is 1.39 bits per heavy atom. The Hall–Kier alpha value is -1.67. The third-order valence-electron chi connectivity index (χ3n) is 4.22. The summed E-state index contributed by atoms with van der Waals surface area (Å²) in [6.45, 7) is 3.04. The summed E-state index contributed by atoms with van der Waals surface area (Å²) in [5, 5.41) is 2.86. The van der Waals surface area contributed by atoms with Crippen LogP contribution in [-0.4, -0.2) is 63.7 Å². The van der Waals surface area contributed by atoms with E-state index in [0.717, 1.165) is 0 Å². The molecule has 0 aliphatic carbocycles. The van der Waals surface area contributed by atoms with Gasteiger partial charge in [-0.2, -0.15) is 0 Å². The molecule has 2 saturated heterocycles. The van der Waals surface area contributed by atoms with Crippen LogP contribution in [0.25, 0.3) is 0 Å². The van der Waals surface area contributed by atoms with Gasteiger partial charge in [-0.1, -0.05) is 0 Å². The minimum Gasteiger partial charge on any atom is -0.378 e. The molecule has 126 valence electrons. The molecule has 3 heterocycles. The predicted molar refractivity (Wildman–Crippen MR) is 86.4 cm³/mol. The van der Waals surface area contributed by atoms with Gasteiger partial charge in [-0.3, -0.25) is 4.79 Å². The van der Waals surface area contributed by atoms with E-state index in [1.54, 1.807) is 18.3 Å². The van der Waals surface area contributed by atoms with Crippen molar-refractivity contribution in [2.24, 2.45) is 5.92 Å². The number of ether oxygens (including phenoxy) is 1. The Bertz CT molecular complexity index is 671. The Morgan fingerprint density at radius 3 is 2.87 bits per heavy atom. The van der Waals surface area contributed by atoms with Crippen LogP contribution in [0.3, 0.4) is 0 Å². The molecule has 0 bridgehead atoms. The zero-order chi connectivity index (χ0) is 16.3. The van der Waals surface area contributed by atoms with Gasteiger partial charge in [-0.05, 0) is 24.5 Å². The minimum absolute atomic E-state index is 0.00691. The number of amides is 1. The molecule has 0 unspecified atom stereocenters. The summed E-state index contributed by atoms with van der Waals surface area (Å²) in [7, 11) is -2.92. The lowest BCUT2D eigenvalue weighted by Crippen LogP contribution is -2.39. The van der Waals surface area contributed by atoms with Crippen molar-refractivity contribution in [1.82, 2.24) is 10.3 Å². The van der Waals surface area contributed by atoms with Gasteiger partial charge < -0.3 is 15.0 Å². The first-order chi connectivity index (χ1) is 11.1. The van der Waals surface area contributed by atoms with E-state index < -0.39 is 9.84 Å². The minimum atomic E-state index is -2.92. The first kappa shape index (κ1) is 16.2. The van der Waals surface area contributed by atoms with Gasteiger partial charge in [0.05, 0.1) is 30.3 Å². The number of rotatable bonds is 4.